The van der Waals surface area contributed by atoms with Crippen molar-refractivity contribution in [2.45, 2.75) is 13.2 Å². The van der Waals surface area contributed by atoms with E-state index in [0.717, 1.165) is 16.7 Å². The van der Waals surface area contributed by atoms with Crippen LogP contribution in [0.5, 0.6) is 11.5 Å². The molecule has 0 saturated heterocycles. The van der Waals surface area contributed by atoms with E-state index in [2.05, 4.69) is 15.3 Å². The molecule has 0 unspecified atom stereocenters. The lowest BCUT2D eigenvalue weighted by Gasteiger charge is -2.12. The largest absolute Gasteiger partial charge is 0.493 e. The lowest BCUT2D eigenvalue weighted by Crippen LogP contribution is -2.23. The predicted octanol–water partition coefficient (Wildman–Crippen LogP) is 5.38. The highest BCUT2D eigenvalue weighted by molar-refractivity contribution is 7.13. The van der Waals surface area contributed by atoms with Crippen LogP contribution in [-0.2, 0) is 13.2 Å². The summed E-state index contributed by atoms with van der Waals surface area (Å²) >= 11 is 7.59. The molecule has 2 aromatic carbocycles. The van der Waals surface area contributed by atoms with Crippen molar-refractivity contribution >= 4 is 28.8 Å². The van der Waals surface area contributed by atoms with Crippen LogP contribution in [0.25, 0.3) is 10.6 Å². The summed E-state index contributed by atoms with van der Waals surface area (Å²) < 4.78 is 11.4. The number of halogens is 1. The van der Waals surface area contributed by atoms with Crippen LogP contribution in [0.4, 0.5) is 0 Å². The number of nitrogens with one attached hydrogen (secondary N) is 1. The molecule has 6 nitrogen and oxygen atoms in total. The Labute approximate surface area is 194 Å². The van der Waals surface area contributed by atoms with Crippen molar-refractivity contribution in [3.8, 4) is 22.1 Å². The molecule has 2 heterocycles. The number of carbonyl (C=O) groups excluding carboxylic acids is 1. The number of amides is 1. The molecular formula is C24H20ClN3O3S. The molecule has 0 atom stereocenters. The Morgan fingerprint density at radius 1 is 1.12 bits per heavy atom. The molecule has 0 aliphatic heterocycles. The van der Waals surface area contributed by atoms with Crippen molar-refractivity contribution in [2.24, 2.45) is 0 Å². The Balaban J connectivity index is 1.44. The van der Waals surface area contributed by atoms with Crippen LogP contribution < -0.4 is 14.8 Å². The number of nitrogens with zero attached hydrogens (tertiary/aromatic N) is 2. The summed E-state index contributed by atoms with van der Waals surface area (Å²) in [7, 11) is 1.58. The number of ether oxygens (including phenoxy) is 2. The third kappa shape index (κ3) is 5.25. The first-order valence-electron chi connectivity index (χ1n) is 9.81. The molecule has 0 spiro atoms. The van der Waals surface area contributed by atoms with Gasteiger partial charge < -0.3 is 14.8 Å². The van der Waals surface area contributed by atoms with Gasteiger partial charge in [0, 0.05) is 40.5 Å². The fraction of sp³-hybridized carbons (Fsp3) is 0.125. The second-order valence-electron chi connectivity index (χ2n) is 6.83. The van der Waals surface area contributed by atoms with Crippen LogP contribution >= 0.6 is 22.9 Å². The minimum atomic E-state index is -0.233. The maximum Gasteiger partial charge on any atom is 0.271 e. The van der Waals surface area contributed by atoms with Crippen LogP contribution in [0.15, 0.2) is 72.4 Å². The summed E-state index contributed by atoms with van der Waals surface area (Å²) in [6.07, 6.45) is 3.41. The molecule has 0 saturated carbocycles. The summed E-state index contributed by atoms with van der Waals surface area (Å²) in [4.78, 5) is 21.0. The number of benzene rings is 2. The Hall–Kier alpha value is -3.42. The van der Waals surface area contributed by atoms with Gasteiger partial charge in [-0.1, -0.05) is 35.9 Å². The molecule has 0 aliphatic rings. The van der Waals surface area contributed by atoms with Crippen LogP contribution in [0.1, 0.15) is 21.6 Å². The molecule has 162 valence electrons. The molecule has 4 aromatic rings. The summed E-state index contributed by atoms with van der Waals surface area (Å²) in [5, 5.41) is 5.96. The molecule has 32 heavy (non-hydrogen) atoms. The standard InChI is InChI=1S/C24H20ClN3O3S/c1-30-22-11-17(8-9-21(22)31-14-18-6-2-3-7-19(18)25)24-28-20(15-32-24)23(29)27-13-16-5-4-10-26-12-16/h2-12,15H,13-14H2,1H3,(H,27,29). The van der Waals surface area contributed by atoms with E-state index in [1.807, 2.05) is 54.6 Å². The van der Waals surface area contributed by atoms with Gasteiger partial charge in [-0.15, -0.1) is 11.3 Å². The average Bonchev–Trinajstić information content (AvgIpc) is 3.33. The molecule has 4 rings (SSSR count). The lowest BCUT2D eigenvalue weighted by atomic mass is 10.2. The molecule has 1 amide bonds. The van der Waals surface area contributed by atoms with Crippen molar-refractivity contribution in [3.63, 3.8) is 0 Å². The van der Waals surface area contributed by atoms with Crippen LogP contribution in [0, 0.1) is 0 Å². The number of pyridine rings is 1. The quantitative estimate of drug-likeness (QED) is 0.378. The van der Waals surface area contributed by atoms with Crippen LogP contribution in [0.3, 0.4) is 0 Å². The van der Waals surface area contributed by atoms with E-state index in [1.165, 1.54) is 11.3 Å². The first-order valence-corrected chi connectivity index (χ1v) is 11.1. The van der Waals surface area contributed by atoms with Crippen molar-refractivity contribution in [3.05, 3.63) is 94.2 Å². The van der Waals surface area contributed by atoms with E-state index in [0.29, 0.717) is 40.4 Å². The van der Waals surface area contributed by atoms with E-state index >= 15 is 0 Å². The zero-order valence-electron chi connectivity index (χ0n) is 17.2. The van der Waals surface area contributed by atoms with Crippen molar-refractivity contribution in [1.29, 1.82) is 0 Å². The fourth-order valence-electron chi connectivity index (χ4n) is 2.98. The number of aromatic nitrogens is 2. The normalized spacial score (nSPS) is 10.6. The number of hydrogen-bond acceptors (Lipinski definition) is 6. The van der Waals surface area contributed by atoms with Gasteiger partial charge in [-0.05, 0) is 35.9 Å². The van der Waals surface area contributed by atoms with Gasteiger partial charge in [-0.25, -0.2) is 4.98 Å². The third-order valence-electron chi connectivity index (χ3n) is 4.66. The van der Waals surface area contributed by atoms with E-state index in [-0.39, 0.29) is 5.91 Å². The highest BCUT2D eigenvalue weighted by atomic mass is 35.5. The number of rotatable bonds is 8. The van der Waals surface area contributed by atoms with Gasteiger partial charge in [0.1, 0.15) is 17.3 Å². The maximum absolute atomic E-state index is 12.4. The zero-order chi connectivity index (χ0) is 22.3. The number of hydrogen-bond donors (Lipinski definition) is 1. The lowest BCUT2D eigenvalue weighted by molar-refractivity contribution is 0.0946. The molecule has 0 fully saturated rings. The highest BCUT2D eigenvalue weighted by Crippen LogP contribution is 2.34. The van der Waals surface area contributed by atoms with Gasteiger partial charge in [0.05, 0.1) is 7.11 Å². The van der Waals surface area contributed by atoms with Crippen molar-refractivity contribution in [2.75, 3.05) is 7.11 Å². The van der Waals surface area contributed by atoms with Gasteiger partial charge in [-0.2, -0.15) is 0 Å². The van der Waals surface area contributed by atoms with Gasteiger partial charge in [0.2, 0.25) is 0 Å². The SMILES string of the molecule is COc1cc(-c2nc(C(=O)NCc3cccnc3)cs2)ccc1OCc1ccccc1Cl. The maximum atomic E-state index is 12.4. The fourth-order valence-corrected chi connectivity index (χ4v) is 3.96. The molecular weight excluding hydrogens is 446 g/mol. The summed E-state index contributed by atoms with van der Waals surface area (Å²) in [5.41, 5.74) is 3.02. The Morgan fingerprint density at radius 3 is 2.78 bits per heavy atom. The Kier molecular flexibility index (Phi) is 6.99. The van der Waals surface area contributed by atoms with Crippen molar-refractivity contribution in [1.82, 2.24) is 15.3 Å². The van der Waals surface area contributed by atoms with Gasteiger partial charge in [0.15, 0.2) is 11.5 Å². The highest BCUT2D eigenvalue weighted by Gasteiger charge is 2.14. The molecule has 8 heteroatoms. The van der Waals surface area contributed by atoms with Gasteiger partial charge in [0.25, 0.3) is 5.91 Å². The van der Waals surface area contributed by atoms with Crippen molar-refractivity contribution < 1.29 is 14.3 Å². The minimum Gasteiger partial charge on any atom is -0.493 e. The number of thiazole rings is 1. The van der Waals surface area contributed by atoms with Crippen LogP contribution in [-0.4, -0.2) is 23.0 Å². The molecule has 0 radical (unpaired) electrons. The number of carbonyl (C=O) groups is 1. The van der Waals surface area contributed by atoms with E-state index < -0.39 is 0 Å². The molecule has 1 N–H and O–H groups in total. The number of methoxy groups -OCH3 is 1. The molecule has 2 aromatic heterocycles. The van der Waals surface area contributed by atoms with Gasteiger partial charge in [-0.3, -0.25) is 9.78 Å². The second kappa shape index (κ2) is 10.3. The monoisotopic (exact) mass is 465 g/mol. The molecule has 0 bridgehead atoms. The average molecular weight is 466 g/mol. The summed E-state index contributed by atoms with van der Waals surface area (Å²) in [6.45, 7) is 0.721. The van der Waals surface area contributed by atoms with E-state index in [9.17, 15) is 4.79 Å². The first kappa shape index (κ1) is 21.8. The Morgan fingerprint density at radius 2 is 2.00 bits per heavy atom. The Bertz CT molecular complexity index is 1210. The zero-order valence-corrected chi connectivity index (χ0v) is 18.8. The van der Waals surface area contributed by atoms with Gasteiger partial charge >= 0.3 is 0 Å². The summed E-state index contributed by atoms with van der Waals surface area (Å²) in [6, 6.07) is 16.8. The predicted molar refractivity (Wildman–Crippen MR) is 125 cm³/mol. The van der Waals surface area contributed by atoms with E-state index in [4.69, 9.17) is 21.1 Å². The topological polar surface area (TPSA) is 73.3 Å². The smallest absolute Gasteiger partial charge is 0.271 e. The first-order chi connectivity index (χ1) is 15.6. The van der Waals surface area contributed by atoms with E-state index in [1.54, 1.807) is 24.9 Å². The minimum absolute atomic E-state index is 0.233. The third-order valence-corrected chi connectivity index (χ3v) is 5.92. The second-order valence-corrected chi connectivity index (χ2v) is 8.09. The summed E-state index contributed by atoms with van der Waals surface area (Å²) in [5.74, 6) is 0.942. The molecule has 0 aliphatic carbocycles. The van der Waals surface area contributed by atoms with Crippen LogP contribution in [0.2, 0.25) is 5.02 Å².